The highest BCUT2D eigenvalue weighted by atomic mass is 32.2. The molecule has 130 valence electrons. The van der Waals surface area contributed by atoms with Gasteiger partial charge in [0.2, 0.25) is 15.8 Å². The minimum atomic E-state index is -3.58. The Morgan fingerprint density at radius 2 is 1.84 bits per heavy atom. The van der Waals surface area contributed by atoms with Crippen LogP contribution in [0.2, 0.25) is 0 Å². The van der Waals surface area contributed by atoms with E-state index in [4.69, 9.17) is 0 Å². The van der Waals surface area contributed by atoms with E-state index in [1.165, 1.54) is 22.7 Å². The number of nitrogens with one attached hydrogen (secondary N) is 1. The number of rotatable bonds is 6. The van der Waals surface area contributed by atoms with E-state index in [1.54, 1.807) is 36.4 Å². The van der Waals surface area contributed by atoms with Crippen molar-refractivity contribution in [2.24, 2.45) is 0 Å². The fourth-order valence-corrected chi connectivity index (χ4v) is 5.08. The number of hydrogen-bond acceptors (Lipinski definition) is 5. The Morgan fingerprint density at radius 3 is 2.52 bits per heavy atom. The molecule has 0 saturated heterocycles. The molecule has 0 saturated carbocycles. The molecule has 4 nitrogen and oxygen atoms in total. The molecule has 0 radical (unpaired) electrons. The summed E-state index contributed by atoms with van der Waals surface area (Å²) in [6, 6.07) is 12.2. The van der Waals surface area contributed by atoms with Gasteiger partial charge >= 0.3 is 0 Å². The average Bonchev–Trinajstić information content (AvgIpc) is 3.26. The van der Waals surface area contributed by atoms with E-state index in [0.29, 0.717) is 9.75 Å². The van der Waals surface area contributed by atoms with Gasteiger partial charge < -0.3 is 0 Å². The van der Waals surface area contributed by atoms with Crippen molar-refractivity contribution in [2.75, 3.05) is 0 Å². The van der Waals surface area contributed by atoms with Crippen LogP contribution in [0.5, 0.6) is 0 Å². The molecule has 0 fully saturated rings. The summed E-state index contributed by atoms with van der Waals surface area (Å²) >= 11 is 2.71. The van der Waals surface area contributed by atoms with Gasteiger partial charge in [-0.3, -0.25) is 4.79 Å². The minimum absolute atomic E-state index is 0.0248. The average molecular weight is 392 g/mol. The number of aryl methyl sites for hydroxylation is 2. The lowest BCUT2D eigenvalue weighted by molar-refractivity contribution is 0.104. The summed E-state index contributed by atoms with van der Waals surface area (Å²) in [5.74, 6) is -0.0248. The third kappa shape index (κ3) is 4.07. The molecular weight excluding hydrogens is 374 g/mol. The molecule has 0 amide bonds. The largest absolute Gasteiger partial charge is 0.287 e. The molecule has 0 aliphatic rings. The van der Waals surface area contributed by atoms with Crippen LogP contribution in [0.4, 0.5) is 0 Å². The van der Waals surface area contributed by atoms with Crippen LogP contribution in [0.1, 0.15) is 30.6 Å². The number of hydrogen-bond donors (Lipinski definition) is 1. The van der Waals surface area contributed by atoms with Gasteiger partial charge in [0.05, 0.1) is 14.6 Å². The number of carbonyl (C=O) groups excluding carboxylic acids is 1. The minimum Gasteiger partial charge on any atom is -0.287 e. The first kappa shape index (κ1) is 18.0. The van der Waals surface area contributed by atoms with E-state index in [-0.39, 0.29) is 17.2 Å². The summed E-state index contributed by atoms with van der Waals surface area (Å²) in [5.41, 5.74) is 1.98. The zero-order valence-corrected chi connectivity index (χ0v) is 16.2. The van der Waals surface area contributed by atoms with Crippen LogP contribution in [0, 0.1) is 13.8 Å². The molecule has 3 aromatic rings. The molecule has 0 aliphatic carbocycles. The van der Waals surface area contributed by atoms with Crippen molar-refractivity contribution in [3.8, 4) is 0 Å². The molecule has 2 aromatic heterocycles. The van der Waals surface area contributed by atoms with Crippen LogP contribution in [-0.2, 0) is 16.6 Å². The first-order valence-electron chi connectivity index (χ1n) is 7.60. The highest BCUT2D eigenvalue weighted by Crippen LogP contribution is 2.23. The van der Waals surface area contributed by atoms with E-state index in [0.717, 1.165) is 16.0 Å². The maximum atomic E-state index is 12.4. The van der Waals surface area contributed by atoms with Crippen molar-refractivity contribution in [3.05, 3.63) is 73.6 Å². The number of thiophene rings is 2. The molecule has 0 aliphatic heterocycles. The summed E-state index contributed by atoms with van der Waals surface area (Å²) in [6.07, 6.45) is 0. The summed E-state index contributed by atoms with van der Waals surface area (Å²) in [5, 5.41) is 1.86. The summed E-state index contributed by atoms with van der Waals surface area (Å²) in [7, 11) is -3.58. The van der Waals surface area contributed by atoms with Gasteiger partial charge in [-0.15, -0.1) is 22.7 Å². The highest BCUT2D eigenvalue weighted by molar-refractivity contribution is 7.89. The fraction of sp³-hybridized carbons (Fsp3) is 0.167. The SMILES string of the molecule is Cc1ccc(S(=O)(=O)NCc2ccc(C(=O)c3cccs3)s2)cc1C. The second-order valence-corrected chi connectivity index (χ2v) is 9.53. The van der Waals surface area contributed by atoms with Crippen LogP contribution in [0.25, 0.3) is 0 Å². The predicted molar refractivity (Wildman–Crippen MR) is 102 cm³/mol. The van der Waals surface area contributed by atoms with Crippen LogP contribution in [0.15, 0.2) is 52.7 Å². The van der Waals surface area contributed by atoms with Gasteiger partial charge in [-0.05, 0) is 60.7 Å². The number of carbonyl (C=O) groups is 1. The van der Waals surface area contributed by atoms with E-state index < -0.39 is 10.0 Å². The fourth-order valence-electron chi connectivity index (χ4n) is 2.25. The van der Waals surface area contributed by atoms with Crippen LogP contribution in [0.3, 0.4) is 0 Å². The Labute approximate surface area is 155 Å². The lowest BCUT2D eigenvalue weighted by atomic mass is 10.1. The Morgan fingerprint density at radius 1 is 1.04 bits per heavy atom. The molecule has 1 aromatic carbocycles. The lowest BCUT2D eigenvalue weighted by Gasteiger charge is -2.08. The first-order chi connectivity index (χ1) is 11.9. The van der Waals surface area contributed by atoms with Gasteiger partial charge in [-0.1, -0.05) is 12.1 Å². The van der Waals surface area contributed by atoms with Crippen molar-refractivity contribution in [1.82, 2.24) is 4.72 Å². The quantitative estimate of drug-likeness (QED) is 0.643. The second kappa shape index (κ2) is 7.21. The Bertz CT molecular complexity index is 1000. The number of benzene rings is 1. The summed E-state index contributed by atoms with van der Waals surface area (Å²) < 4.78 is 27.4. The molecule has 25 heavy (non-hydrogen) atoms. The predicted octanol–water partition coefficient (Wildman–Crippen LogP) is 4.14. The van der Waals surface area contributed by atoms with Gasteiger partial charge in [-0.2, -0.15) is 0 Å². The van der Waals surface area contributed by atoms with Crippen molar-refractivity contribution in [3.63, 3.8) is 0 Å². The van der Waals surface area contributed by atoms with Crippen LogP contribution in [-0.4, -0.2) is 14.2 Å². The zero-order valence-electron chi connectivity index (χ0n) is 13.8. The molecule has 0 atom stereocenters. The molecule has 0 unspecified atom stereocenters. The topological polar surface area (TPSA) is 63.2 Å². The van der Waals surface area contributed by atoms with Gasteiger partial charge in [0, 0.05) is 11.4 Å². The van der Waals surface area contributed by atoms with Crippen LogP contribution >= 0.6 is 22.7 Å². The highest BCUT2D eigenvalue weighted by Gasteiger charge is 2.16. The van der Waals surface area contributed by atoms with Gasteiger partial charge in [0.1, 0.15) is 0 Å². The summed E-state index contributed by atoms with van der Waals surface area (Å²) in [6.45, 7) is 3.99. The third-order valence-corrected chi connectivity index (χ3v) is 7.21. The zero-order chi connectivity index (χ0) is 18.0. The normalized spacial score (nSPS) is 11.6. The molecular formula is C18H17NO3S3. The van der Waals surface area contributed by atoms with E-state index >= 15 is 0 Å². The van der Waals surface area contributed by atoms with Crippen molar-refractivity contribution in [2.45, 2.75) is 25.3 Å². The molecule has 7 heteroatoms. The first-order valence-corrected chi connectivity index (χ1v) is 10.8. The Hall–Kier alpha value is -1.80. The van der Waals surface area contributed by atoms with Gasteiger partial charge in [0.25, 0.3) is 0 Å². The van der Waals surface area contributed by atoms with Crippen LogP contribution < -0.4 is 4.72 Å². The third-order valence-electron chi connectivity index (χ3n) is 3.86. The van der Waals surface area contributed by atoms with Crippen molar-refractivity contribution in [1.29, 1.82) is 0 Å². The standard InChI is InChI=1S/C18H17NO3S3/c1-12-5-7-15(10-13(12)2)25(21,22)19-11-14-6-8-17(24-14)18(20)16-4-3-9-23-16/h3-10,19H,11H2,1-2H3. The number of ketones is 1. The maximum Gasteiger partial charge on any atom is 0.240 e. The lowest BCUT2D eigenvalue weighted by Crippen LogP contribution is -2.22. The van der Waals surface area contributed by atoms with Crippen molar-refractivity contribution >= 4 is 38.5 Å². The Balaban J connectivity index is 1.71. The monoisotopic (exact) mass is 391 g/mol. The van der Waals surface area contributed by atoms with E-state index in [9.17, 15) is 13.2 Å². The molecule has 1 N–H and O–H groups in total. The molecule has 0 spiro atoms. The second-order valence-electron chi connectivity index (χ2n) is 5.64. The van der Waals surface area contributed by atoms with Gasteiger partial charge in [-0.25, -0.2) is 13.1 Å². The summed E-state index contributed by atoms with van der Waals surface area (Å²) in [4.78, 5) is 14.6. The smallest absolute Gasteiger partial charge is 0.240 e. The molecule has 2 heterocycles. The Kier molecular flexibility index (Phi) is 5.19. The molecule has 0 bridgehead atoms. The van der Waals surface area contributed by atoms with Gasteiger partial charge in [0.15, 0.2) is 0 Å². The van der Waals surface area contributed by atoms with E-state index in [2.05, 4.69) is 4.72 Å². The van der Waals surface area contributed by atoms with E-state index in [1.807, 2.05) is 25.3 Å². The molecule has 3 rings (SSSR count). The maximum absolute atomic E-state index is 12.4. The number of sulfonamides is 1. The van der Waals surface area contributed by atoms with Crippen molar-refractivity contribution < 1.29 is 13.2 Å².